The highest BCUT2D eigenvalue weighted by atomic mass is 32.2. The monoisotopic (exact) mass is 347 g/mol. The number of nitrogens with one attached hydrogen (secondary N) is 1. The van der Waals surface area contributed by atoms with Crippen molar-refractivity contribution in [1.82, 2.24) is 0 Å². The summed E-state index contributed by atoms with van der Waals surface area (Å²) in [6, 6.07) is 12.0. The van der Waals surface area contributed by atoms with Crippen molar-refractivity contribution in [3.05, 3.63) is 53.6 Å². The molecule has 0 bridgehead atoms. The van der Waals surface area contributed by atoms with Gasteiger partial charge in [-0.1, -0.05) is 23.8 Å². The largest absolute Gasteiger partial charge is 0.481 e. The number of rotatable bonds is 5. The maximum atomic E-state index is 12.3. The van der Waals surface area contributed by atoms with Gasteiger partial charge in [-0.2, -0.15) is 0 Å². The molecule has 128 valence electrons. The molecule has 0 unspecified atom stereocenters. The van der Waals surface area contributed by atoms with Crippen molar-refractivity contribution >= 4 is 21.4 Å². The fraction of sp³-hybridized carbons (Fsp3) is 0.278. The summed E-state index contributed by atoms with van der Waals surface area (Å²) in [6.07, 6.45) is 0.417. The molecule has 2 aromatic rings. The summed E-state index contributed by atoms with van der Waals surface area (Å²) < 4.78 is 28.9. The summed E-state index contributed by atoms with van der Waals surface area (Å²) in [5.74, 6) is 0.259. The van der Waals surface area contributed by atoms with Crippen LogP contribution < -0.4 is 10.1 Å². The third-order valence-electron chi connectivity index (χ3n) is 3.60. The van der Waals surface area contributed by atoms with Crippen LogP contribution >= 0.6 is 0 Å². The van der Waals surface area contributed by atoms with Crippen LogP contribution in [0.4, 0.5) is 5.69 Å². The second-order valence-electron chi connectivity index (χ2n) is 5.81. The Morgan fingerprint density at radius 3 is 2.29 bits per heavy atom. The summed E-state index contributed by atoms with van der Waals surface area (Å²) in [5, 5.41) is 2.73. The molecule has 5 nitrogen and oxygen atoms in total. The lowest BCUT2D eigenvalue weighted by Gasteiger charge is -2.16. The van der Waals surface area contributed by atoms with Crippen LogP contribution in [0, 0.1) is 13.8 Å². The lowest BCUT2D eigenvalue weighted by Crippen LogP contribution is -2.30. The van der Waals surface area contributed by atoms with E-state index in [1.807, 2.05) is 19.1 Å². The molecular formula is C18H21NO4S. The Balaban J connectivity index is 2.12. The SMILES string of the molecule is Cc1ccc(O[C@H](C)C(=O)Nc2cc(S(C)(=O)=O)ccc2C)cc1. The van der Waals surface area contributed by atoms with Crippen LogP contribution in [0.3, 0.4) is 0 Å². The summed E-state index contributed by atoms with van der Waals surface area (Å²) in [6.45, 7) is 5.41. The number of anilines is 1. The molecule has 1 atom stereocenters. The van der Waals surface area contributed by atoms with Gasteiger partial charge in [0.25, 0.3) is 5.91 Å². The van der Waals surface area contributed by atoms with E-state index < -0.39 is 15.9 Å². The first-order valence-electron chi connectivity index (χ1n) is 7.52. The third kappa shape index (κ3) is 4.58. The summed E-state index contributed by atoms with van der Waals surface area (Å²) in [5.41, 5.74) is 2.34. The quantitative estimate of drug-likeness (QED) is 0.902. The minimum Gasteiger partial charge on any atom is -0.481 e. The molecule has 0 aliphatic carbocycles. The molecule has 2 rings (SSSR count). The van der Waals surface area contributed by atoms with Crippen molar-refractivity contribution < 1.29 is 17.9 Å². The molecule has 0 radical (unpaired) electrons. The van der Waals surface area contributed by atoms with Crippen molar-refractivity contribution in [3.63, 3.8) is 0 Å². The Morgan fingerprint density at radius 2 is 1.71 bits per heavy atom. The van der Waals surface area contributed by atoms with Crippen LogP contribution in [0.25, 0.3) is 0 Å². The number of amides is 1. The van der Waals surface area contributed by atoms with Gasteiger partial charge in [0.05, 0.1) is 4.90 Å². The smallest absolute Gasteiger partial charge is 0.265 e. The first kappa shape index (κ1) is 18.0. The minimum absolute atomic E-state index is 0.163. The third-order valence-corrected chi connectivity index (χ3v) is 4.71. The van der Waals surface area contributed by atoms with Crippen LogP contribution in [0.15, 0.2) is 47.4 Å². The van der Waals surface area contributed by atoms with Gasteiger partial charge >= 0.3 is 0 Å². The summed E-state index contributed by atoms with van der Waals surface area (Å²) >= 11 is 0. The van der Waals surface area contributed by atoms with Gasteiger partial charge in [0.15, 0.2) is 15.9 Å². The topological polar surface area (TPSA) is 72.5 Å². The highest BCUT2D eigenvalue weighted by molar-refractivity contribution is 7.90. The maximum absolute atomic E-state index is 12.3. The Bertz CT molecular complexity index is 842. The van der Waals surface area contributed by atoms with Gasteiger partial charge in [-0.3, -0.25) is 4.79 Å². The zero-order chi connectivity index (χ0) is 17.9. The summed E-state index contributed by atoms with van der Waals surface area (Å²) in [4.78, 5) is 12.5. The highest BCUT2D eigenvalue weighted by Crippen LogP contribution is 2.21. The second-order valence-corrected chi connectivity index (χ2v) is 7.83. The average molecular weight is 347 g/mol. The lowest BCUT2D eigenvalue weighted by molar-refractivity contribution is -0.122. The fourth-order valence-corrected chi connectivity index (χ4v) is 2.72. The van der Waals surface area contributed by atoms with E-state index in [0.29, 0.717) is 11.4 Å². The molecule has 0 aromatic heterocycles. The van der Waals surface area contributed by atoms with Crippen LogP contribution in [0.2, 0.25) is 0 Å². The number of carbonyl (C=O) groups is 1. The van der Waals surface area contributed by atoms with E-state index in [1.54, 1.807) is 32.0 Å². The van der Waals surface area contributed by atoms with Crippen LogP contribution in [-0.4, -0.2) is 26.7 Å². The molecule has 0 saturated heterocycles. The van der Waals surface area contributed by atoms with Gasteiger partial charge in [-0.05, 0) is 50.6 Å². The predicted octanol–water partition coefficient (Wildman–Crippen LogP) is 3.11. The molecule has 0 aliphatic heterocycles. The van der Waals surface area contributed by atoms with Crippen molar-refractivity contribution in [2.24, 2.45) is 0 Å². The van der Waals surface area contributed by atoms with E-state index in [1.165, 1.54) is 12.1 Å². The predicted molar refractivity (Wildman–Crippen MR) is 94.2 cm³/mol. The first-order chi connectivity index (χ1) is 11.2. The fourth-order valence-electron chi connectivity index (χ4n) is 2.08. The van der Waals surface area contributed by atoms with E-state index >= 15 is 0 Å². The van der Waals surface area contributed by atoms with Crippen molar-refractivity contribution in [3.8, 4) is 5.75 Å². The van der Waals surface area contributed by atoms with Crippen molar-refractivity contribution in [2.45, 2.75) is 31.8 Å². The molecule has 0 aliphatic rings. The molecular weight excluding hydrogens is 326 g/mol. The van der Waals surface area contributed by atoms with Crippen LogP contribution in [0.5, 0.6) is 5.75 Å². The number of sulfone groups is 1. The van der Waals surface area contributed by atoms with Gasteiger partial charge in [0, 0.05) is 11.9 Å². The Kier molecular flexibility index (Phi) is 5.29. The second kappa shape index (κ2) is 7.05. The number of hydrogen-bond donors (Lipinski definition) is 1. The van der Waals surface area contributed by atoms with Crippen LogP contribution in [0.1, 0.15) is 18.1 Å². The van der Waals surface area contributed by atoms with Gasteiger partial charge < -0.3 is 10.1 Å². The van der Waals surface area contributed by atoms with E-state index in [0.717, 1.165) is 17.4 Å². The molecule has 1 N–H and O–H groups in total. The molecule has 24 heavy (non-hydrogen) atoms. The molecule has 0 fully saturated rings. The lowest BCUT2D eigenvalue weighted by atomic mass is 10.2. The standard InChI is InChI=1S/C18H21NO4S/c1-12-5-8-15(9-6-12)23-14(3)18(20)19-17-11-16(24(4,21)22)10-7-13(17)2/h5-11,14H,1-4H3,(H,19,20)/t14-/m1/s1. The van der Waals surface area contributed by atoms with Crippen molar-refractivity contribution in [2.75, 3.05) is 11.6 Å². The van der Waals surface area contributed by atoms with Crippen LogP contribution in [-0.2, 0) is 14.6 Å². The van der Waals surface area contributed by atoms with E-state index in [4.69, 9.17) is 4.74 Å². The maximum Gasteiger partial charge on any atom is 0.265 e. The van der Waals surface area contributed by atoms with Gasteiger partial charge in [0.1, 0.15) is 5.75 Å². The zero-order valence-electron chi connectivity index (χ0n) is 14.2. The average Bonchev–Trinajstić information content (AvgIpc) is 2.50. The number of hydrogen-bond acceptors (Lipinski definition) is 4. The van der Waals surface area contributed by atoms with Crippen molar-refractivity contribution in [1.29, 1.82) is 0 Å². The summed E-state index contributed by atoms with van der Waals surface area (Å²) in [7, 11) is -3.33. The molecule has 0 spiro atoms. The minimum atomic E-state index is -3.33. The first-order valence-corrected chi connectivity index (χ1v) is 9.41. The molecule has 1 amide bonds. The number of benzene rings is 2. The normalized spacial score (nSPS) is 12.5. The van der Waals surface area contributed by atoms with Gasteiger partial charge in [-0.25, -0.2) is 8.42 Å². The molecule has 2 aromatic carbocycles. The Morgan fingerprint density at radius 1 is 1.08 bits per heavy atom. The highest BCUT2D eigenvalue weighted by Gasteiger charge is 2.17. The van der Waals surface area contributed by atoms with Gasteiger partial charge in [-0.15, -0.1) is 0 Å². The molecule has 0 saturated carbocycles. The number of aryl methyl sites for hydroxylation is 2. The van der Waals surface area contributed by atoms with E-state index in [2.05, 4.69) is 5.32 Å². The Hall–Kier alpha value is -2.34. The van der Waals surface area contributed by atoms with Gasteiger partial charge in [0.2, 0.25) is 0 Å². The van der Waals surface area contributed by atoms with E-state index in [9.17, 15) is 13.2 Å². The molecule has 6 heteroatoms. The molecule has 0 heterocycles. The Labute approximate surface area is 142 Å². The number of carbonyl (C=O) groups excluding carboxylic acids is 1. The van der Waals surface area contributed by atoms with E-state index in [-0.39, 0.29) is 10.8 Å². The zero-order valence-corrected chi connectivity index (χ0v) is 15.0. The number of ether oxygens (including phenoxy) is 1.